The van der Waals surface area contributed by atoms with Crippen LogP contribution in [0.1, 0.15) is 0 Å². The minimum absolute atomic E-state index is 0.181. The van der Waals surface area contributed by atoms with E-state index in [2.05, 4.69) is 38.4 Å². The van der Waals surface area contributed by atoms with E-state index in [1.165, 1.54) is 6.07 Å². The number of pyridine rings is 1. The quantitative estimate of drug-likeness (QED) is 0.343. The van der Waals surface area contributed by atoms with Crippen LogP contribution in [0.25, 0.3) is 54.8 Å². The van der Waals surface area contributed by atoms with Crippen molar-refractivity contribution in [2.45, 2.75) is 0 Å². The molecule has 0 spiro atoms. The van der Waals surface area contributed by atoms with Crippen LogP contribution in [-0.2, 0) is 0 Å². The molecule has 6 heteroatoms. The lowest BCUT2D eigenvalue weighted by molar-refractivity contribution is 0.657. The highest BCUT2D eigenvalue weighted by atomic mass is 32.1. The second kappa shape index (κ2) is 6.64. The van der Waals surface area contributed by atoms with Crippen molar-refractivity contribution in [3.63, 3.8) is 0 Å². The van der Waals surface area contributed by atoms with E-state index < -0.39 is 0 Å². The summed E-state index contributed by atoms with van der Waals surface area (Å²) < 4.78 is 13.6. The maximum absolute atomic E-state index is 13.6. The zero-order valence-corrected chi connectivity index (χ0v) is 16.5. The summed E-state index contributed by atoms with van der Waals surface area (Å²) in [6, 6.07) is 21.7. The molecule has 0 fully saturated rings. The number of nitrogens with zero attached hydrogens (tertiary/aromatic N) is 2. The molecule has 0 saturated carbocycles. The van der Waals surface area contributed by atoms with Crippen molar-refractivity contribution in [3.05, 3.63) is 84.3 Å². The van der Waals surface area contributed by atoms with E-state index in [0.717, 1.165) is 66.1 Å². The number of H-pyrrole nitrogens is 2. The molecule has 0 radical (unpaired) electrons. The van der Waals surface area contributed by atoms with Crippen LogP contribution >= 0.6 is 11.3 Å². The van der Waals surface area contributed by atoms with Gasteiger partial charge in [0.15, 0.2) is 5.13 Å². The topological polar surface area (TPSA) is 57.4 Å². The van der Waals surface area contributed by atoms with Crippen LogP contribution < -0.4 is 0 Å². The van der Waals surface area contributed by atoms with E-state index in [0.29, 0.717) is 0 Å². The Labute approximate surface area is 175 Å². The Balaban J connectivity index is 1.52. The van der Waals surface area contributed by atoms with Crippen LogP contribution in [0.4, 0.5) is 4.39 Å². The predicted octanol–water partition coefficient (Wildman–Crippen LogP) is 6.64. The van der Waals surface area contributed by atoms with Crippen molar-refractivity contribution in [1.82, 2.24) is 20.2 Å². The van der Waals surface area contributed by atoms with Gasteiger partial charge in [0.05, 0.1) is 11.2 Å². The summed E-state index contributed by atoms with van der Waals surface area (Å²) in [6.07, 6.45) is 3.59. The number of aromatic amines is 2. The van der Waals surface area contributed by atoms with Crippen LogP contribution in [0.15, 0.2) is 79.1 Å². The van der Waals surface area contributed by atoms with Gasteiger partial charge >= 0.3 is 0 Å². The molecule has 0 aliphatic heterocycles. The molecule has 0 aliphatic rings. The molecule has 144 valence electrons. The number of hydrogen-bond donors (Lipinski definition) is 2. The fourth-order valence-electron chi connectivity index (χ4n) is 3.90. The van der Waals surface area contributed by atoms with Crippen molar-refractivity contribution >= 4 is 33.1 Å². The number of aromatic nitrogens is 4. The number of hydrogen-bond acceptors (Lipinski definition) is 3. The van der Waals surface area contributed by atoms with E-state index in [1.54, 1.807) is 12.4 Å². The molecule has 4 aromatic heterocycles. The first-order chi connectivity index (χ1) is 14.8. The summed E-state index contributed by atoms with van der Waals surface area (Å²) in [7, 11) is 0. The molecule has 2 N–H and O–H groups in total. The Morgan fingerprint density at radius 1 is 0.800 bits per heavy atom. The highest BCUT2D eigenvalue weighted by Gasteiger charge is 2.15. The van der Waals surface area contributed by atoms with Crippen molar-refractivity contribution in [2.24, 2.45) is 0 Å². The normalized spacial score (nSPS) is 11.5. The van der Waals surface area contributed by atoms with E-state index in [1.807, 2.05) is 42.5 Å². The first-order valence-electron chi connectivity index (χ1n) is 9.52. The summed E-state index contributed by atoms with van der Waals surface area (Å²) in [4.78, 5) is 8.50. The summed E-state index contributed by atoms with van der Waals surface area (Å²) in [6.45, 7) is 0. The number of thiophene rings is 1. The van der Waals surface area contributed by atoms with Crippen molar-refractivity contribution in [3.8, 4) is 33.0 Å². The first kappa shape index (κ1) is 17.1. The monoisotopic (exact) mass is 410 g/mol. The van der Waals surface area contributed by atoms with E-state index >= 15 is 0 Å². The second-order valence-electron chi connectivity index (χ2n) is 7.12. The smallest absolute Gasteiger partial charge is 0.176 e. The minimum atomic E-state index is -0.181. The summed E-state index contributed by atoms with van der Waals surface area (Å²) in [5.74, 6) is 0. The molecule has 6 aromatic rings. The van der Waals surface area contributed by atoms with Crippen molar-refractivity contribution < 1.29 is 4.39 Å². The number of halogens is 1. The lowest BCUT2D eigenvalue weighted by atomic mass is 10.0. The summed E-state index contributed by atoms with van der Waals surface area (Å²) in [5.41, 5.74) is 6.99. The number of benzene rings is 2. The molecule has 6 rings (SSSR count). The van der Waals surface area contributed by atoms with E-state index in [9.17, 15) is 4.39 Å². The highest BCUT2D eigenvalue weighted by Crippen LogP contribution is 2.37. The third kappa shape index (κ3) is 2.73. The Morgan fingerprint density at radius 3 is 2.53 bits per heavy atom. The van der Waals surface area contributed by atoms with Crippen LogP contribution in [0.5, 0.6) is 0 Å². The summed E-state index contributed by atoms with van der Waals surface area (Å²) in [5, 5.41) is 9.62. The molecular weight excluding hydrogens is 395 g/mol. The number of fused-ring (bicyclic) bond motifs is 2. The van der Waals surface area contributed by atoms with Gasteiger partial charge in [0.2, 0.25) is 0 Å². The molecule has 0 bridgehead atoms. The van der Waals surface area contributed by atoms with E-state index in [-0.39, 0.29) is 5.13 Å². The van der Waals surface area contributed by atoms with Gasteiger partial charge in [-0.25, -0.2) is 0 Å². The van der Waals surface area contributed by atoms with Gasteiger partial charge in [-0.15, -0.1) is 11.3 Å². The fraction of sp³-hybridized carbons (Fsp3) is 0. The van der Waals surface area contributed by atoms with Gasteiger partial charge in [-0.3, -0.25) is 10.1 Å². The zero-order valence-electron chi connectivity index (χ0n) is 15.7. The summed E-state index contributed by atoms with van der Waals surface area (Å²) >= 11 is 1.16. The van der Waals surface area contributed by atoms with Gasteiger partial charge in [0.1, 0.15) is 5.69 Å². The SMILES string of the molecule is Fc1ccc(-c2cccc3[nH]c(-c4n[nH]c5ccc(-c6ccncc6)cc45)cc23)s1. The van der Waals surface area contributed by atoms with Gasteiger partial charge in [-0.2, -0.15) is 9.49 Å². The Morgan fingerprint density at radius 2 is 1.70 bits per heavy atom. The average molecular weight is 410 g/mol. The molecular formula is C24H15FN4S. The second-order valence-corrected chi connectivity index (χ2v) is 8.16. The van der Waals surface area contributed by atoms with Gasteiger partial charge in [-0.1, -0.05) is 18.2 Å². The number of nitrogens with one attached hydrogen (secondary N) is 2. The molecule has 0 amide bonds. The molecule has 0 atom stereocenters. The Bertz CT molecular complexity index is 1510. The van der Waals surface area contributed by atoms with Crippen molar-refractivity contribution in [2.75, 3.05) is 0 Å². The molecule has 0 saturated heterocycles. The zero-order chi connectivity index (χ0) is 20.1. The van der Waals surface area contributed by atoms with Gasteiger partial charge in [0.25, 0.3) is 0 Å². The minimum Gasteiger partial charge on any atom is -0.353 e. The van der Waals surface area contributed by atoms with Crippen LogP contribution in [-0.4, -0.2) is 20.2 Å². The van der Waals surface area contributed by atoms with Crippen molar-refractivity contribution in [1.29, 1.82) is 0 Å². The molecule has 0 aliphatic carbocycles. The van der Waals surface area contributed by atoms with Crippen LogP contribution in [0.3, 0.4) is 0 Å². The van der Waals surface area contributed by atoms with E-state index in [4.69, 9.17) is 0 Å². The molecule has 30 heavy (non-hydrogen) atoms. The molecule has 4 nitrogen and oxygen atoms in total. The van der Waals surface area contributed by atoms with Gasteiger partial charge in [0, 0.05) is 39.1 Å². The Kier molecular flexibility index (Phi) is 3.79. The molecule has 4 heterocycles. The highest BCUT2D eigenvalue weighted by molar-refractivity contribution is 7.14. The Hall–Kier alpha value is -3.77. The van der Waals surface area contributed by atoms with Gasteiger partial charge in [-0.05, 0) is 59.7 Å². The molecule has 2 aromatic carbocycles. The standard InChI is InChI=1S/C24H15FN4S/c25-23-7-6-22(30-23)16-2-1-3-19-17(16)13-21(27-19)24-18-12-15(4-5-20(18)28-29-24)14-8-10-26-11-9-14/h1-13,27H,(H,28,29). The predicted molar refractivity (Wildman–Crippen MR) is 120 cm³/mol. The average Bonchev–Trinajstić information content (AvgIpc) is 3.51. The molecule has 0 unspecified atom stereocenters. The number of rotatable bonds is 3. The third-order valence-corrected chi connectivity index (χ3v) is 6.24. The lowest BCUT2D eigenvalue weighted by Crippen LogP contribution is -1.80. The third-order valence-electron chi connectivity index (χ3n) is 5.33. The maximum Gasteiger partial charge on any atom is 0.176 e. The first-order valence-corrected chi connectivity index (χ1v) is 10.3. The van der Waals surface area contributed by atoms with Crippen LogP contribution in [0.2, 0.25) is 0 Å². The largest absolute Gasteiger partial charge is 0.353 e. The maximum atomic E-state index is 13.6. The lowest BCUT2D eigenvalue weighted by Gasteiger charge is -2.02. The van der Waals surface area contributed by atoms with Crippen LogP contribution in [0, 0.1) is 5.13 Å². The van der Waals surface area contributed by atoms with Gasteiger partial charge < -0.3 is 4.98 Å². The fourth-order valence-corrected chi connectivity index (χ4v) is 4.67.